The predicted octanol–water partition coefficient (Wildman–Crippen LogP) is 4.67. The van der Waals surface area contributed by atoms with E-state index >= 15 is 0 Å². The van der Waals surface area contributed by atoms with E-state index in [1.165, 1.54) is 50.6 Å². The molecule has 0 saturated carbocycles. The van der Waals surface area contributed by atoms with Gasteiger partial charge in [0.25, 0.3) is 11.6 Å². The number of nitro groups is 1. The number of benzene rings is 3. The quantitative estimate of drug-likeness (QED) is 0.275. The lowest BCUT2D eigenvalue weighted by molar-refractivity contribution is -0.384. The molecule has 180 valence electrons. The van der Waals surface area contributed by atoms with Gasteiger partial charge in [0.15, 0.2) is 9.84 Å². The molecule has 0 unspecified atom stereocenters. The highest BCUT2D eigenvalue weighted by molar-refractivity contribution is 8.04. The number of carbonyl (C=O) groups excluding carboxylic acids is 1. The van der Waals surface area contributed by atoms with Crippen molar-refractivity contribution in [2.24, 2.45) is 0 Å². The summed E-state index contributed by atoms with van der Waals surface area (Å²) in [6, 6.07) is 15.3. The summed E-state index contributed by atoms with van der Waals surface area (Å²) in [6.45, 7) is 0. The zero-order chi connectivity index (χ0) is 25.2. The first kappa shape index (κ1) is 24.3. The molecule has 35 heavy (non-hydrogen) atoms. The van der Waals surface area contributed by atoms with Gasteiger partial charge in [0.1, 0.15) is 11.5 Å². The van der Waals surface area contributed by atoms with Gasteiger partial charge in [-0.3, -0.25) is 14.9 Å². The van der Waals surface area contributed by atoms with Crippen molar-refractivity contribution >= 4 is 45.0 Å². The smallest absolute Gasteiger partial charge is 0.269 e. The summed E-state index contributed by atoms with van der Waals surface area (Å²) in [6.07, 6.45) is 1.59. The fraction of sp³-hybridized carbons (Fsp3) is 0.125. The van der Waals surface area contributed by atoms with Crippen LogP contribution in [0.25, 0.3) is 6.08 Å². The van der Waals surface area contributed by atoms with Crippen LogP contribution >= 0.6 is 11.8 Å². The van der Waals surface area contributed by atoms with Gasteiger partial charge in [0.2, 0.25) is 0 Å². The fourth-order valence-electron chi connectivity index (χ4n) is 3.51. The molecular formula is C24H20N2O7S2. The third-order valence-corrected chi connectivity index (χ3v) is 7.99. The summed E-state index contributed by atoms with van der Waals surface area (Å²) in [5.41, 5.74) is 1.45. The molecule has 1 N–H and O–H groups in total. The number of hydrogen-bond donors (Lipinski definition) is 1. The standard InChI is InChI=1S/C24H20N2O7S2/c1-32-20-4-3-5-21(33-2)18(20)14-35(30,31)17-10-11-19-22(13-17)34-23(24(27)25-19)12-15-6-8-16(9-7-15)26(28)29/h3-13H,14H2,1-2H3,(H,25,27). The summed E-state index contributed by atoms with van der Waals surface area (Å²) in [4.78, 5) is 23.9. The molecule has 1 amide bonds. The van der Waals surface area contributed by atoms with Crippen LogP contribution in [0.1, 0.15) is 11.1 Å². The minimum absolute atomic E-state index is 0.0558. The Balaban J connectivity index is 1.64. The van der Waals surface area contributed by atoms with E-state index < -0.39 is 14.8 Å². The van der Waals surface area contributed by atoms with Crippen molar-refractivity contribution in [2.45, 2.75) is 15.5 Å². The molecular weight excluding hydrogens is 492 g/mol. The number of methoxy groups -OCH3 is 2. The molecule has 9 nitrogen and oxygen atoms in total. The normalized spacial score (nSPS) is 14.2. The lowest BCUT2D eigenvalue weighted by Crippen LogP contribution is -2.17. The second kappa shape index (κ2) is 9.80. The van der Waals surface area contributed by atoms with E-state index in [-0.39, 0.29) is 22.2 Å². The lowest BCUT2D eigenvalue weighted by atomic mass is 10.2. The molecule has 0 bridgehead atoms. The Labute approximate surface area is 205 Å². The summed E-state index contributed by atoms with van der Waals surface area (Å²) in [5, 5.41) is 13.6. The van der Waals surface area contributed by atoms with E-state index in [9.17, 15) is 23.3 Å². The highest BCUT2D eigenvalue weighted by Crippen LogP contribution is 2.41. The summed E-state index contributed by atoms with van der Waals surface area (Å²) >= 11 is 1.12. The number of carbonyl (C=O) groups is 1. The molecule has 0 aromatic heterocycles. The SMILES string of the molecule is COc1cccc(OC)c1CS(=O)(=O)c1ccc2c(c1)SC(=Cc1ccc([N+](=O)[O-])cc1)C(=O)N2. The van der Waals surface area contributed by atoms with Crippen LogP contribution in [0.3, 0.4) is 0 Å². The van der Waals surface area contributed by atoms with E-state index in [4.69, 9.17) is 9.47 Å². The van der Waals surface area contributed by atoms with Crippen molar-refractivity contribution in [3.63, 3.8) is 0 Å². The Morgan fingerprint density at radius 3 is 2.29 bits per heavy atom. The Bertz CT molecular complexity index is 1430. The van der Waals surface area contributed by atoms with Crippen molar-refractivity contribution in [1.29, 1.82) is 0 Å². The molecule has 3 aromatic carbocycles. The third-order valence-electron chi connectivity index (χ3n) is 5.27. The van der Waals surface area contributed by atoms with Gasteiger partial charge in [-0.15, -0.1) is 0 Å². The number of non-ortho nitro benzene ring substituents is 1. The van der Waals surface area contributed by atoms with Crippen molar-refractivity contribution in [1.82, 2.24) is 0 Å². The Morgan fingerprint density at radius 2 is 1.69 bits per heavy atom. The highest BCUT2D eigenvalue weighted by Gasteiger charge is 2.26. The molecule has 4 rings (SSSR count). The third kappa shape index (κ3) is 5.15. The number of hydrogen-bond acceptors (Lipinski definition) is 8. The topological polar surface area (TPSA) is 125 Å². The number of thioether (sulfide) groups is 1. The number of ether oxygens (including phenoxy) is 2. The Kier molecular flexibility index (Phi) is 6.81. The van der Waals surface area contributed by atoms with E-state index in [1.807, 2.05) is 0 Å². The zero-order valence-electron chi connectivity index (χ0n) is 18.7. The summed E-state index contributed by atoms with van der Waals surface area (Å²) in [5.74, 6) is 0.124. The Morgan fingerprint density at radius 1 is 1.03 bits per heavy atom. The maximum atomic E-state index is 13.3. The molecule has 0 radical (unpaired) electrons. The first-order chi connectivity index (χ1) is 16.7. The van der Waals surface area contributed by atoms with Crippen LogP contribution < -0.4 is 14.8 Å². The van der Waals surface area contributed by atoms with Crippen LogP contribution in [0.15, 0.2) is 75.4 Å². The number of amides is 1. The maximum absolute atomic E-state index is 13.3. The highest BCUT2D eigenvalue weighted by atomic mass is 32.2. The maximum Gasteiger partial charge on any atom is 0.269 e. The molecule has 1 heterocycles. The minimum atomic E-state index is -3.78. The van der Waals surface area contributed by atoms with Crippen LogP contribution in [-0.4, -0.2) is 33.5 Å². The molecule has 0 atom stereocenters. The number of nitro benzene ring substituents is 1. The van der Waals surface area contributed by atoms with Crippen molar-refractivity contribution in [3.8, 4) is 11.5 Å². The minimum Gasteiger partial charge on any atom is -0.496 e. The molecule has 0 fully saturated rings. The number of anilines is 1. The van der Waals surface area contributed by atoms with Crippen LogP contribution in [0, 0.1) is 10.1 Å². The van der Waals surface area contributed by atoms with Crippen molar-refractivity contribution in [3.05, 3.63) is 86.8 Å². The van der Waals surface area contributed by atoms with E-state index in [0.29, 0.717) is 38.1 Å². The van der Waals surface area contributed by atoms with Crippen LogP contribution in [-0.2, 0) is 20.4 Å². The van der Waals surface area contributed by atoms with Crippen LogP contribution in [0.4, 0.5) is 11.4 Å². The van der Waals surface area contributed by atoms with Gasteiger partial charge in [-0.1, -0.05) is 17.8 Å². The summed E-state index contributed by atoms with van der Waals surface area (Å²) in [7, 11) is -0.864. The molecule has 3 aromatic rings. The molecule has 1 aliphatic heterocycles. The molecule has 0 aliphatic carbocycles. The van der Waals surface area contributed by atoms with Gasteiger partial charge in [0.05, 0.1) is 45.9 Å². The second-order valence-corrected chi connectivity index (χ2v) is 10.5. The lowest BCUT2D eigenvalue weighted by Gasteiger charge is -2.20. The number of rotatable bonds is 7. The second-order valence-electron chi connectivity index (χ2n) is 7.47. The number of fused-ring (bicyclic) bond motifs is 1. The molecule has 0 saturated heterocycles. The van der Waals surface area contributed by atoms with Crippen LogP contribution in [0.2, 0.25) is 0 Å². The first-order valence-corrected chi connectivity index (χ1v) is 12.7. The van der Waals surface area contributed by atoms with Crippen molar-refractivity contribution < 1.29 is 27.6 Å². The van der Waals surface area contributed by atoms with E-state index in [1.54, 1.807) is 30.3 Å². The molecule has 0 spiro atoms. The Hall–Kier alpha value is -3.83. The van der Waals surface area contributed by atoms with Gasteiger partial charge < -0.3 is 14.8 Å². The fourth-order valence-corrected chi connectivity index (χ4v) is 5.98. The monoisotopic (exact) mass is 512 g/mol. The average Bonchev–Trinajstić information content (AvgIpc) is 2.84. The van der Waals surface area contributed by atoms with Gasteiger partial charge in [-0.05, 0) is 54.1 Å². The van der Waals surface area contributed by atoms with E-state index in [0.717, 1.165) is 11.8 Å². The van der Waals surface area contributed by atoms with Gasteiger partial charge >= 0.3 is 0 Å². The molecule has 1 aliphatic rings. The number of sulfone groups is 1. The largest absolute Gasteiger partial charge is 0.496 e. The predicted molar refractivity (Wildman–Crippen MR) is 132 cm³/mol. The number of nitrogens with zero attached hydrogens (tertiary/aromatic N) is 1. The summed E-state index contributed by atoms with van der Waals surface area (Å²) < 4.78 is 37.2. The zero-order valence-corrected chi connectivity index (χ0v) is 20.3. The van der Waals surface area contributed by atoms with E-state index in [2.05, 4.69) is 5.32 Å². The molecule has 11 heteroatoms. The average molecular weight is 513 g/mol. The first-order valence-electron chi connectivity index (χ1n) is 10.2. The van der Waals surface area contributed by atoms with Crippen LogP contribution in [0.5, 0.6) is 11.5 Å². The number of nitrogens with one attached hydrogen (secondary N) is 1. The van der Waals surface area contributed by atoms with Gasteiger partial charge in [-0.2, -0.15) is 0 Å². The van der Waals surface area contributed by atoms with Gasteiger partial charge in [0, 0.05) is 17.0 Å². The van der Waals surface area contributed by atoms with Gasteiger partial charge in [-0.25, -0.2) is 8.42 Å². The van der Waals surface area contributed by atoms with Crippen molar-refractivity contribution in [2.75, 3.05) is 19.5 Å².